The highest BCUT2D eigenvalue weighted by molar-refractivity contribution is 5.73. The molecule has 0 aromatic carbocycles. The van der Waals surface area contributed by atoms with Crippen LogP contribution in [-0.2, 0) is 9.53 Å². The predicted molar refractivity (Wildman–Crippen MR) is 120 cm³/mol. The Morgan fingerprint density at radius 1 is 1.00 bits per heavy atom. The van der Waals surface area contributed by atoms with Crippen molar-refractivity contribution in [2.24, 2.45) is 34.5 Å². The van der Waals surface area contributed by atoms with Gasteiger partial charge in [-0.05, 0) is 59.3 Å². The number of aliphatic hydroxyl groups is 7. The lowest BCUT2D eigenvalue weighted by atomic mass is 9.57. The van der Waals surface area contributed by atoms with Crippen LogP contribution in [0.15, 0.2) is 0 Å². The van der Waals surface area contributed by atoms with Crippen LogP contribution in [-0.4, -0.2) is 89.0 Å². The van der Waals surface area contributed by atoms with Crippen molar-refractivity contribution in [1.29, 1.82) is 0 Å². The molecule has 9 heteroatoms. The molecule has 4 aliphatic carbocycles. The number of hydrogen-bond donors (Lipinski definition) is 7. The van der Waals surface area contributed by atoms with Gasteiger partial charge in [0.15, 0.2) is 0 Å². The van der Waals surface area contributed by atoms with E-state index >= 15 is 0 Å². The molecule has 0 aromatic rings. The molecule has 4 fully saturated rings. The van der Waals surface area contributed by atoms with Crippen LogP contribution in [0.3, 0.4) is 0 Å². The number of carbonyl (C=O) groups is 1. The molecule has 0 amide bonds. The first kappa shape index (κ1) is 26.3. The molecule has 9 nitrogen and oxygen atoms in total. The third-order valence-electron chi connectivity index (χ3n) is 10.5. The van der Waals surface area contributed by atoms with E-state index in [2.05, 4.69) is 0 Å². The number of esters is 1. The van der Waals surface area contributed by atoms with E-state index in [9.17, 15) is 40.5 Å². The SMILES string of the molecule is C[C@H](C(=O)O[C@@H]1[C@H]2CC[C@H]3[C@@](C)(O)[C@@H]4[C@H](O)[C@H](O)C(C)(C)[C@@]4(O)[C@H](O)C[C@@]13C[C@@]2(C)O)[C@@H](C)O. The molecule has 4 aliphatic rings. The second-order valence-corrected chi connectivity index (χ2v) is 12.8. The summed E-state index contributed by atoms with van der Waals surface area (Å²) in [7, 11) is 0. The Labute approximate surface area is 200 Å². The Morgan fingerprint density at radius 3 is 2.15 bits per heavy atom. The summed E-state index contributed by atoms with van der Waals surface area (Å²) < 4.78 is 5.97. The van der Waals surface area contributed by atoms with Gasteiger partial charge in [-0.25, -0.2) is 0 Å². The number of hydrogen-bond acceptors (Lipinski definition) is 9. The monoisotopic (exact) mass is 486 g/mol. The Bertz CT molecular complexity index is 838. The summed E-state index contributed by atoms with van der Waals surface area (Å²) in [6.07, 6.45) is -5.23. The molecule has 13 atom stereocenters. The van der Waals surface area contributed by atoms with Crippen molar-refractivity contribution in [2.75, 3.05) is 0 Å². The zero-order valence-electron chi connectivity index (χ0n) is 21.0. The molecule has 34 heavy (non-hydrogen) atoms. The average Bonchev–Trinajstić information content (AvgIpc) is 2.89. The zero-order chi connectivity index (χ0) is 25.8. The van der Waals surface area contributed by atoms with Crippen LogP contribution < -0.4 is 0 Å². The van der Waals surface area contributed by atoms with Gasteiger partial charge in [0.1, 0.15) is 11.7 Å². The van der Waals surface area contributed by atoms with Crippen LogP contribution >= 0.6 is 0 Å². The predicted octanol–water partition coefficient (Wildman–Crippen LogP) is -0.293. The summed E-state index contributed by atoms with van der Waals surface area (Å²) in [6, 6.07) is 0. The molecular weight excluding hydrogens is 444 g/mol. The van der Waals surface area contributed by atoms with Gasteiger partial charge in [0.2, 0.25) is 0 Å². The average molecular weight is 487 g/mol. The van der Waals surface area contributed by atoms with Crippen LogP contribution in [0.2, 0.25) is 0 Å². The zero-order valence-corrected chi connectivity index (χ0v) is 21.0. The molecule has 2 bridgehead atoms. The van der Waals surface area contributed by atoms with E-state index in [-0.39, 0.29) is 12.8 Å². The van der Waals surface area contributed by atoms with Gasteiger partial charge in [-0.1, -0.05) is 13.8 Å². The molecule has 0 aliphatic heterocycles. The molecule has 0 unspecified atom stereocenters. The van der Waals surface area contributed by atoms with Crippen LogP contribution in [0.25, 0.3) is 0 Å². The fraction of sp³-hybridized carbons (Fsp3) is 0.960. The maximum absolute atomic E-state index is 12.9. The highest BCUT2D eigenvalue weighted by Crippen LogP contribution is 2.70. The van der Waals surface area contributed by atoms with Crippen molar-refractivity contribution in [3.8, 4) is 0 Å². The first-order valence-electron chi connectivity index (χ1n) is 12.5. The third-order valence-corrected chi connectivity index (χ3v) is 10.5. The largest absolute Gasteiger partial charge is 0.461 e. The van der Waals surface area contributed by atoms with Gasteiger partial charge >= 0.3 is 5.97 Å². The van der Waals surface area contributed by atoms with Crippen molar-refractivity contribution >= 4 is 5.97 Å². The summed E-state index contributed by atoms with van der Waals surface area (Å²) in [6.45, 7) is 9.33. The maximum Gasteiger partial charge on any atom is 0.311 e. The smallest absolute Gasteiger partial charge is 0.311 e. The molecule has 0 heterocycles. The van der Waals surface area contributed by atoms with E-state index in [0.29, 0.717) is 12.8 Å². The molecule has 0 saturated heterocycles. The van der Waals surface area contributed by atoms with Crippen molar-refractivity contribution < 1.29 is 45.3 Å². The summed E-state index contributed by atoms with van der Waals surface area (Å²) in [4.78, 5) is 12.9. The van der Waals surface area contributed by atoms with Gasteiger partial charge in [-0.2, -0.15) is 0 Å². The van der Waals surface area contributed by atoms with Crippen LogP contribution in [0.4, 0.5) is 0 Å². The fourth-order valence-corrected chi connectivity index (χ4v) is 8.54. The lowest BCUT2D eigenvalue weighted by molar-refractivity contribution is -0.211. The molecule has 196 valence electrons. The quantitative estimate of drug-likeness (QED) is 0.265. The van der Waals surface area contributed by atoms with Gasteiger partial charge in [0.25, 0.3) is 0 Å². The fourth-order valence-electron chi connectivity index (χ4n) is 8.54. The van der Waals surface area contributed by atoms with Gasteiger partial charge in [0, 0.05) is 22.7 Å². The minimum Gasteiger partial charge on any atom is -0.461 e. The molecule has 0 radical (unpaired) electrons. The van der Waals surface area contributed by atoms with E-state index in [1.165, 1.54) is 13.8 Å². The van der Waals surface area contributed by atoms with Crippen LogP contribution in [0.5, 0.6) is 0 Å². The highest BCUT2D eigenvalue weighted by Gasteiger charge is 2.79. The van der Waals surface area contributed by atoms with E-state index in [1.807, 2.05) is 0 Å². The Hall–Kier alpha value is -0.810. The standard InChI is InChI=1S/C25H42O9/c1-11(12(2)26)20(30)34-19-13-7-8-14-23(6,32)17-16(28)18(29)21(3,4)25(17,33)15(27)9-24(14,19)10-22(13,5)31/h11-19,26-29,31-33H,7-10H2,1-6H3/t11-,12+,13+,14-,15+,16-,17-,18-,19+,22+,23+,24-,25+/m0/s1. The molecule has 1 spiro atoms. The number of ether oxygens (including phenoxy) is 1. The van der Waals surface area contributed by atoms with Crippen molar-refractivity contribution in [2.45, 2.75) is 115 Å². The molecular formula is C25H42O9. The van der Waals surface area contributed by atoms with E-state index < -0.39 is 87.8 Å². The molecule has 4 rings (SSSR count). The number of carbonyl (C=O) groups excluding carboxylic acids is 1. The summed E-state index contributed by atoms with van der Waals surface area (Å²) >= 11 is 0. The minimum atomic E-state index is -2.03. The third kappa shape index (κ3) is 3.07. The van der Waals surface area contributed by atoms with Gasteiger partial charge in [-0.15, -0.1) is 0 Å². The number of aliphatic hydroxyl groups excluding tert-OH is 4. The number of rotatable bonds is 3. The summed E-state index contributed by atoms with van der Waals surface area (Å²) in [5.74, 6) is -3.80. The van der Waals surface area contributed by atoms with Gasteiger partial charge < -0.3 is 40.5 Å². The summed E-state index contributed by atoms with van der Waals surface area (Å²) in [5.41, 5.74) is -7.47. The highest BCUT2D eigenvalue weighted by atomic mass is 16.5. The lowest BCUT2D eigenvalue weighted by Gasteiger charge is -2.52. The first-order valence-corrected chi connectivity index (χ1v) is 12.5. The lowest BCUT2D eigenvalue weighted by Crippen LogP contribution is -2.62. The minimum absolute atomic E-state index is 0.0860. The van der Waals surface area contributed by atoms with E-state index in [0.717, 1.165) is 0 Å². The Balaban J connectivity index is 1.86. The molecule has 0 aromatic heterocycles. The van der Waals surface area contributed by atoms with E-state index in [1.54, 1.807) is 27.7 Å². The van der Waals surface area contributed by atoms with Crippen molar-refractivity contribution in [3.63, 3.8) is 0 Å². The Morgan fingerprint density at radius 2 is 1.59 bits per heavy atom. The number of fused-ring (bicyclic) bond motifs is 2. The molecule has 7 N–H and O–H groups in total. The Kier molecular flexibility index (Phi) is 5.87. The van der Waals surface area contributed by atoms with E-state index in [4.69, 9.17) is 4.74 Å². The molecule has 4 saturated carbocycles. The summed E-state index contributed by atoms with van der Waals surface area (Å²) in [5, 5.41) is 78.7. The van der Waals surface area contributed by atoms with Gasteiger partial charge in [-0.3, -0.25) is 4.79 Å². The normalized spacial score (nSPS) is 55.6. The topological polar surface area (TPSA) is 168 Å². The second kappa shape index (κ2) is 7.60. The van der Waals surface area contributed by atoms with Crippen molar-refractivity contribution in [1.82, 2.24) is 0 Å². The van der Waals surface area contributed by atoms with Gasteiger partial charge in [0.05, 0.1) is 41.5 Å². The van der Waals surface area contributed by atoms with Crippen LogP contribution in [0, 0.1) is 34.5 Å². The first-order chi connectivity index (χ1) is 15.4. The van der Waals surface area contributed by atoms with Crippen LogP contribution in [0.1, 0.15) is 67.2 Å². The second-order valence-electron chi connectivity index (χ2n) is 12.8. The maximum atomic E-state index is 12.9. The van der Waals surface area contributed by atoms with Crippen molar-refractivity contribution in [3.05, 3.63) is 0 Å².